The second kappa shape index (κ2) is 9.63. The first-order chi connectivity index (χ1) is 14.7. The molecule has 3 aromatic rings. The van der Waals surface area contributed by atoms with Crippen LogP contribution in [0.15, 0.2) is 73.3 Å². The van der Waals surface area contributed by atoms with Gasteiger partial charge in [-0.3, -0.25) is 19.7 Å². The Morgan fingerprint density at radius 2 is 1.77 bits per heavy atom. The lowest BCUT2D eigenvalue weighted by Crippen LogP contribution is -2.37. The van der Waals surface area contributed by atoms with Gasteiger partial charge in [0.2, 0.25) is 5.91 Å². The predicted molar refractivity (Wildman–Crippen MR) is 119 cm³/mol. The molecule has 30 heavy (non-hydrogen) atoms. The molecule has 0 spiro atoms. The van der Waals surface area contributed by atoms with E-state index in [0.717, 1.165) is 50.3 Å². The Labute approximate surface area is 178 Å². The van der Waals surface area contributed by atoms with Crippen LogP contribution in [0.5, 0.6) is 0 Å². The van der Waals surface area contributed by atoms with E-state index in [9.17, 15) is 4.79 Å². The Morgan fingerprint density at radius 1 is 0.967 bits per heavy atom. The van der Waals surface area contributed by atoms with Crippen molar-refractivity contribution >= 4 is 5.91 Å². The van der Waals surface area contributed by atoms with Crippen molar-refractivity contribution in [2.75, 3.05) is 26.2 Å². The summed E-state index contributed by atoms with van der Waals surface area (Å²) in [6.07, 6.45) is 8.12. The van der Waals surface area contributed by atoms with Gasteiger partial charge in [-0.2, -0.15) is 0 Å². The standard InChI is InChI=1S/C25H28N4O/c1-2-29-14-13-28(18-20-7-5-11-26-16-20)19-23(25(29)30)15-21-8-3-4-10-24(21)22-9-6-12-27-17-22/h3-12,16-17,23H,2,13-15,18-19H2,1H3/t23-/m1/s1. The molecule has 0 unspecified atom stereocenters. The van der Waals surface area contributed by atoms with Gasteiger partial charge in [-0.05, 0) is 42.2 Å². The second-order valence-electron chi connectivity index (χ2n) is 7.81. The summed E-state index contributed by atoms with van der Waals surface area (Å²) in [5.74, 6) is 0.189. The Balaban J connectivity index is 1.59. The van der Waals surface area contributed by atoms with Gasteiger partial charge < -0.3 is 4.90 Å². The van der Waals surface area contributed by atoms with E-state index in [1.807, 2.05) is 35.5 Å². The monoisotopic (exact) mass is 400 g/mol. The van der Waals surface area contributed by atoms with Crippen molar-refractivity contribution in [1.82, 2.24) is 19.8 Å². The van der Waals surface area contributed by atoms with E-state index in [0.29, 0.717) is 0 Å². The van der Waals surface area contributed by atoms with Crippen LogP contribution in [0.2, 0.25) is 0 Å². The minimum atomic E-state index is -0.0676. The fraction of sp³-hybridized carbons (Fsp3) is 0.320. The molecule has 0 aliphatic carbocycles. The van der Waals surface area contributed by atoms with E-state index in [1.54, 1.807) is 12.4 Å². The molecule has 1 aliphatic rings. The number of hydrogen-bond donors (Lipinski definition) is 0. The SMILES string of the molecule is CCN1CCN(Cc2cccnc2)C[C@@H](Cc2ccccc2-c2cccnc2)C1=O. The van der Waals surface area contributed by atoms with Gasteiger partial charge in [0.15, 0.2) is 0 Å². The third kappa shape index (κ3) is 4.74. The largest absolute Gasteiger partial charge is 0.341 e. The van der Waals surface area contributed by atoms with Gasteiger partial charge in [0.1, 0.15) is 0 Å². The maximum Gasteiger partial charge on any atom is 0.227 e. The summed E-state index contributed by atoms with van der Waals surface area (Å²) < 4.78 is 0. The number of benzene rings is 1. The molecule has 5 nitrogen and oxygen atoms in total. The molecule has 154 valence electrons. The van der Waals surface area contributed by atoms with Crippen LogP contribution in [0.4, 0.5) is 0 Å². The van der Waals surface area contributed by atoms with Crippen LogP contribution in [0.1, 0.15) is 18.1 Å². The van der Waals surface area contributed by atoms with Crippen molar-refractivity contribution < 1.29 is 4.79 Å². The fourth-order valence-electron chi connectivity index (χ4n) is 4.24. The highest BCUT2D eigenvalue weighted by Gasteiger charge is 2.30. The predicted octanol–water partition coefficient (Wildman–Crippen LogP) is 3.67. The number of rotatable bonds is 6. The average molecular weight is 401 g/mol. The molecule has 0 bridgehead atoms. The number of carbonyl (C=O) groups excluding carboxylic acids is 1. The van der Waals surface area contributed by atoms with E-state index in [-0.39, 0.29) is 11.8 Å². The van der Waals surface area contributed by atoms with Crippen molar-refractivity contribution in [3.8, 4) is 11.1 Å². The van der Waals surface area contributed by atoms with E-state index in [2.05, 4.69) is 52.1 Å². The average Bonchev–Trinajstić information content (AvgIpc) is 2.94. The second-order valence-corrected chi connectivity index (χ2v) is 7.81. The molecule has 2 aromatic heterocycles. The van der Waals surface area contributed by atoms with Gasteiger partial charge in [0, 0.05) is 63.1 Å². The highest BCUT2D eigenvalue weighted by molar-refractivity contribution is 5.80. The molecule has 1 fully saturated rings. The van der Waals surface area contributed by atoms with Crippen LogP contribution in [-0.2, 0) is 17.8 Å². The van der Waals surface area contributed by atoms with Gasteiger partial charge in [-0.1, -0.05) is 36.4 Å². The lowest BCUT2D eigenvalue weighted by molar-refractivity contribution is -0.134. The van der Waals surface area contributed by atoms with Crippen molar-refractivity contribution in [3.63, 3.8) is 0 Å². The molecule has 4 rings (SSSR count). The summed E-state index contributed by atoms with van der Waals surface area (Å²) in [4.78, 5) is 26.2. The zero-order valence-corrected chi connectivity index (χ0v) is 17.4. The Kier molecular flexibility index (Phi) is 6.50. The van der Waals surface area contributed by atoms with Gasteiger partial charge in [-0.25, -0.2) is 0 Å². The van der Waals surface area contributed by atoms with Crippen LogP contribution in [0.25, 0.3) is 11.1 Å². The van der Waals surface area contributed by atoms with Crippen LogP contribution in [-0.4, -0.2) is 51.9 Å². The lowest BCUT2D eigenvalue weighted by Gasteiger charge is -2.24. The smallest absolute Gasteiger partial charge is 0.227 e. The van der Waals surface area contributed by atoms with E-state index in [1.165, 1.54) is 11.1 Å². The van der Waals surface area contributed by atoms with Crippen LogP contribution >= 0.6 is 0 Å². The van der Waals surface area contributed by atoms with E-state index < -0.39 is 0 Å². The van der Waals surface area contributed by atoms with Gasteiger partial charge in [0.05, 0.1) is 5.92 Å². The molecular formula is C25H28N4O. The number of hydrogen-bond acceptors (Lipinski definition) is 4. The molecule has 1 saturated heterocycles. The van der Waals surface area contributed by atoms with E-state index in [4.69, 9.17) is 0 Å². The molecule has 1 atom stereocenters. The number of aromatic nitrogens is 2. The summed E-state index contributed by atoms with van der Waals surface area (Å²) in [5.41, 5.74) is 4.63. The van der Waals surface area contributed by atoms with Gasteiger partial charge in [0.25, 0.3) is 0 Å². The molecule has 0 radical (unpaired) electrons. The van der Waals surface area contributed by atoms with Crippen molar-refractivity contribution in [2.45, 2.75) is 19.9 Å². The summed E-state index contributed by atoms with van der Waals surface area (Å²) >= 11 is 0. The van der Waals surface area contributed by atoms with Crippen LogP contribution < -0.4 is 0 Å². The van der Waals surface area contributed by atoms with E-state index >= 15 is 0 Å². The third-order valence-corrected chi connectivity index (χ3v) is 5.79. The molecule has 0 N–H and O–H groups in total. The van der Waals surface area contributed by atoms with Gasteiger partial charge >= 0.3 is 0 Å². The number of pyridine rings is 2. The first-order valence-corrected chi connectivity index (χ1v) is 10.6. The third-order valence-electron chi connectivity index (χ3n) is 5.79. The number of likely N-dealkylation sites (N-methyl/N-ethyl adjacent to an activating group) is 1. The summed E-state index contributed by atoms with van der Waals surface area (Å²) in [6, 6.07) is 16.5. The maximum atomic E-state index is 13.3. The van der Waals surface area contributed by atoms with Crippen LogP contribution in [0, 0.1) is 5.92 Å². The topological polar surface area (TPSA) is 49.3 Å². The molecule has 1 amide bonds. The first kappa shape index (κ1) is 20.2. The number of carbonyl (C=O) groups is 1. The Hall–Kier alpha value is -3.05. The highest BCUT2D eigenvalue weighted by atomic mass is 16.2. The summed E-state index contributed by atoms with van der Waals surface area (Å²) in [6.45, 7) is 6.05. The zero-order chi connectivity index (χ0) is 20.8. The Bertz CT molecular complexity index is 961. The van der Waals surface area contributed by atoms with Gasteiger partial charge in [-0.15, -0.1) is 0 Å². The minimum absolute atomic E-state index is 0.0676. The minimum Gasteiger partial charge on any atom is -0.341 e. The Morgan fingerprint density at radius 3 is 2.50 bits per heavy atom. The summed E-state index contributed by atoms with van der Waals surface area (Å²) in [7, 11) is 0. The normalized spacial score (nSPS) is 17.7. The molecule has 1 aliphatic heterocycles. The van der Waals surface area contributed by atoms with Crippen molar-refractivity contribution in [1.29, 1.82) is 0 Å². The fourth-order valence-corrected chi connectivity index (χ4v) is 4.24. The van der Waals surface area contributed by atoms with Crippen LogP contribution in [0.3, 0.4) is 0 Å². The number of nitrogens with zero attached hydrogens (tertiary/aromatic N) is 4. The van der Waals surface area contributed by atoms with Crippen molar-refractivity contribution in [2.24, 2.45) is 5.92 Å². The van der Waals surface area contributed by atoms with Crippen molar-refractivity contribution in [3.05, 3.63) is 84.4 Å². The molecule has 3 heterocycles. The molecule has 1 aromatic carbocycles. The number of amides is 1. The maximum absolute atomic E-state index is 13.3. The lowest BCUT2D eigenvalue weighted by atomic mass is 9.91. The molecule has 0 saturated carbocycles. The quantitative estimate of drug-likeness (QED) is 0.634. The summed E-state index contributed by atoms with van der Waals surface area (Å²) in [5, 5.41) is 0. The molecule has 5 heteroatoms. The highest BCUT2D eigenvalue weighted by Crippen LogP contribution is 2.27. The first-order valence-electron chi connectivity index (χ1n) is 10.6. The molecular weight excluding hydrogens is 372 g/mol. The zero-order valence-electron chi connectivity index (χ0n) is 17.4.